The molecule has 6 heteroatoms. The number of pyridine rings is 2. The Morgan fingerprint density at radius 3 is 1.39 bits per heavy atom. The molecule has 0 atom stereocenters. The van der Waals surface area contributed by atoms with Crippen molar-refractivity contribution in [3.05, 3.63) is 102 Å². The standard InChI is InChI=1S/2C10H9NO.C7H8O.Al/c2*1-7-5-6-8-3-2-4-9(12)10(8)11-7;1-6-3-2-4-7(8)5-6;/h2*2-6,12H,1H3;2-5,8H,1H3;. The zero-order valence-electron chi connectivity index (χ0n) is 18.9. The van der Waals surface area contributed by atoms with Crippen LogP contribution in [-0.4, -0.2) is 42.6 Å². The van der Waals surface area contributed by atoms with Crippen molar-refractivity contribution in [2.24, 2.45) is 0 Å². The monoisotopic (exact) mass is 453 g/mol. The lowest BCUT2D eigenvalue weighted by atomic mass is 10.2. The van der Waals surface area contributed by atoms with E-state index in [0.29, 0.717) is 16.8 Å². The molecule has 5 aromatic rings. The molecule has 2 heterocycles. The van der Waals surface area contributed by atoms with Gasteiger partial charge in [0.15, 0.2) is 0 Å². The van der Waals surface area contributed by atoms with Crippen LogP contribution in [0.5, 0.6) is 17.2 Å². The van der Waals surface area contributed by atoms with Crippen molar-refractivity contribution in [3.63, 3.8) is 0 Å². The van der Waals surface area contributed by atoms with Gasteiger partial charge in [-0.1, -0.05) is 48.5 Å². The molecule has 5 nitrogen and oxygen atoms in total. The lowest BCUT2D eigenvalue weighted by Crippen LogP contribution is -1.82. The molecule has 33 heavy (non-hydrogen) atoms. The van der Waals surface area contributed by atoms with Gasteiger partial charge >= 0.3 is 0 Å². The third-order valence-corrected chi connectivity index (χ3v) is 4.68. The minimum atomic E-state index is 0. The smallest absolute Gasteiger partial charge is 0.141 e. The number of hydrogen-bond donors (Lipinski definition) is 3. The third kappa shape index (κ3) is 7.22. The maximum atomic E-state index is 9.43. The number of aryl methyl sites for hydroxylation is 3. The predicted octanol–water partition coefficient (Wildman–Crippen LogP) is 5.82. The number of fused-ring (bicyclic) bond motifs is 2. The Balaban J connectivity index is 0.000000177. The van der Waals surface area contributed by atoms with Crippen molar-refractivity contribution in [1.29, 1.82) is 0 Å². The fourth-order valence-electron chi connectivity index (χ4n) is 3.09. The predicted molar refractivity (Wildman–Crippen MR) is 135 cm³/mol. The van der Waals surface area contributed by atoms with Crippen LogP contribution in [0.3, 0.4) is 0 Å². The number of aromatic hydroxyl groups is 3. The average Bonchev–Trinajstić information content (AvgIpc) is 2.76. The van der Waals surface area contributed by atoms with E-state index in [4.69, 9.17) is 5.11 Å². The summed E-state index contributed by atoms with van der Waals surface area (Å²) in [5.41, 5.74) is 4.29. The van der Waals surface area contributed by atoms with Crippen LogP contribution in [0.1, 0.15) is 17.0 Å². The van der Waals surface area contributed by atoms with Gasteiger partial charge in [0.05, 0.1) is 0 Å². The van der Waals surface area contributed by atoms with E-state index in [0.717, 1.165) is 27.7 Å². The van der Waals surface area contributed by atoms with Gasteiger partial charge in [0.1, 0.15) is 28.3 Å². The van der Waals surface area contributed by atoms with Crippen LogP contribution in [0.25, 0.3) is 21.8 Å². The average molecular weight is 453 g/mol. The molecule has 0 saturated carbocycles. The highest BCUT2D eigenvalue weighted by atomic mass is 27.0. The fourth-order valence-corrected chi connectivity index (χ4v) is 3.09. The first-order chi connectivity index (χ1) is 15.3. The highest BCUT2D eigenvalue weighted by molar-refractivity contribution is 5.84. The first-order valence-electron chi connectivity index (χ1n) is 10.2. The maximum Gasteiger partial charge on any atom is 0.141 e. The molecule has 0 fully saturated rings. The minimum absolute atomic E-state index is 0. The first kappa shape index (κ1) is 25.7. The summed E-state index contributed by atoms with van der Waals surface area (Å²) in [5.74, 6) is 0.831. The number of phenols is 3. The van der Waals surface area contributed by atoms with Gasteiger partial charge in [-0.05, 0) is 62.7 Å². The zero-order chi connectivity index (χ0) is 23.1. The van der Waals surface area contributed by atoms with Crippen molar-refractivity contribution in [2.45, 2.75) is 20.8 Å². The summed E-state index contributed by atoms with van der Waals surface area (Å²) in [5, 5.41) is 29.6. The fraction of sp³-hybridized carbons (Fsp3) is 0.111. The minimum Gasteiger partial charge on any atom is -0.508 e. The van der Waals surface area contributed by atoms with Crippen LogP contribution in [0, 0.1) is 20.8 Å². The molecule has 0 saturated heterocycles. The summed E-state index contributed by atoms with van der Waals surface area (Å²) in [4.78, 5) is 8.45. The van der Waals surface area contributed by atoms with Gasteiger partial charge in [-0.15, -0.1) is 0 Å². The largest absolute Gasteiger partial charge is 0.508 e. The van der Waals surface area contributed by atoms with Gasteiger partial charge in [-0.2, -0.15) is 0 Å². The van der Waals surface area contributed by atoms with Gasteiger partial charge in [-0.3, -0.25) is 0 Å². The summed E-state index contributed by atoms with van der Waals surface area (Å²) < 4.78 is 0. The van der Waals surface area contributed by atoms with Crippen molar-refractivity contribution >= 4 is 39.2 Å². The highest BCUT2D eigenvalue weighted by Gasteiger charge is 2.00. The van der Waals surface area contributed by atoms with Gasteiger partial charge in [0.25, 0.3) is 0 Å². The number of benzene rings is 3. The second-order valence-electron chi connectivity index (χ2n) is 7.44. The molecule has 3 N–H and O–H groups in total. The number of rotatable bonds is 0. The zero-order valence-corrected chi connectivity index (χ0v) is 20.1. The third-order valence-electron chi connectivity index (χ3n) is 4.68. The molecule has 0 spiro atoms. The Morgan fingerprint density at radius 2 is 1.00 bits per heavy atom. The van der Waals surface area contributed by atoms with Crippen LogP contribution in [0.2, 0.25) is 0 Å². The SMILES string of the molecule is Cc1ccc2cccc(O)c2n1.Cc1ccc2cccc(O)c2n1.Cc1cccc(O)c1.[Al]. The van der Waals surface area contributed by atoms with E-state index in [-0.39, 0.29) is 28.9 Å². The van der Waals surface area contributed by atoms with E-state index in [1.54, 1.807) is 24.3 Å². The molecular weight excluding hydrogens is 427 g/mol. The summed E-state index contributed by atoms with van der Waals surface area (Å²) >= 11 is 0. The van der Waals surface area contributed by atoms with E-state index in [2.05, 4.69) is 9.97 Å². The molecule has 0 bridgehead atoms. The van der Waals surface area contributed by atoms with Crippen LogP contribution in [0.15, 0.2) is 84.9 Å². The van der Waals surface area contributed by atoms with Crippen molar-refractivity contribution in [2.75, 3.05) is 0 Å². The molecule has 0 unspecified atom stereocenters. The Hall–Kier alpha value is -3.59. The van der Waals surface area contributed by atoms with E-state index in [9.17, 15) is 10.2 Å². The topological polar surface area (TPSA) is 86.5 Å². The Bertz CT molecular complexity index is 1260. The molecule has 5 rings (SSSR count). The summed E-state index contributed by atoms with van der Waals surface area (Å²) in [6.07, 6.45) is 0. The van der Waals surface area contributed by atoms with Crippen LogP contribution in [-0.2, 0) is 0 Å². The molecular formula is C27H26AlN2O3. The van der Waals surface area contributed by atoms with Crippen molar-refractivity contribution in [1.82, 2.24) is 9.97 Å². The van der Waals surface area contributed by atoms with Gasteiger partial charge < -0.3 is 15.3 Å². The van der Waals surface area contributed by atoms with E-state index >= 15 is 0 Å². The number of nitrogens with zero attached hydrogens (tertiary/aromatic N) is 2. The van der Waals surface area contributed by atoms with E-state index < -0.39 is 0 Å². The summed E-state index contributed by atoms with van der Waals surface area (Å²) in [6.45, 7) is 5.76. The second-order valence-corrected chi connectivity index (χ2v) is 7.44. The van der Waals surface area contributed by atoms with E-state index in [1.807, 2.05) is 81.4 Å². The van der Waals surface area contributed by atoms with Crippen LogP contribution in [0.4, 0.5) is 0 Å². The molecule has 0 aliphatic rings. The normalized spacial score (nSPS) is 9.79. The van der Waals surface area contributed by atoms with Crippen molar-refractivity contribution in [3.8, 4) is 17.2 Å². The lowest BCUT2D eigenvalue weighted by molar-refractivity contribution is 0.475. The van der Waals surface area contributed by atoms with Gasteiger partial charge in [-0.25, -0.2) is 9.97 Å². The van der Waals surface area contributed by atoms with Gasteiger partial charge in [0.2, 0.25) is 0 Å². The Morgan fingerprint density at radius 1 is 0.545 bits per heavy atom. The van der Waals surface area contributed by atoms with Crippen molar-refractivity contribution < 1.29 is 15.3 Å². The first-order valence-corrected chi connectivity index (χ1v) is 10.2. The van der Waals surface area contributed by atoms with Gasteiger partial charge in [0, 0.05) is 39.5 Å². The molecule has 0 aliphatic heterocycles. The molecule has 0 amide bonds. The number of phenolic OH excluding ortho intramolecular Hbond substituents is 3. The highest BCUT2D eigenvalue weighted by Crippen LogP contribution is 2.22. The second kappa shape index (κ2) is 11.9. The Labute approximate surface area is 204 Å². The number of para-hydroxylation sites is 2. The number of hydrogen-bond acceptors (Lipinski definition) is 5. The Kier molecular flexibility index (Phi) is 9.23. The number of aromatic nitrogens is 2. The molecule has 2 aromatic heterocycles. The summed E-state index contributed by atoms with van der Waals surface area (Å²) in [7, 11) is 0. The summed E-state index contributed by atoms with van der Waals surface area (Å²) in [6, 6.07) is 25.7. The van der Waals surface area contributed by atoms with Crippen LogP contribution >= 0.6 is 0 Å². The molecule has 165 valence electrons. The quantitative estimate of drug-likeness (QED) is 0.257. The molecule has 0 aliphatic carbocycles. The van der Waals surface area contributed by atoms with Crippen LogP contribution < -0.4 is 0 Å². The van der Waals surface area contributed by atoms with E-state index in [1.165, 1.54) is 0 Å². The molecule has 3 radical (unpaired) electrons. The lowest BCUT2D eigenvalue weighted by Gasteiger charge is -1.99. The maximum absolute atomic E-state index is 9.43. The molecule has 3 aromatic carbocycles.